The van der Waals surface area contributed by atoms with Crippen LogP contribution in [0.2, 0.25) is 0 Å². The molecule has 3 aromatic rings. The maximum atomic E-state index is 15.1. The minimum atomic E-state index is -0.941. The summed E-state index contributed by atoms with van der Waals surface area (Å²) in [6.07, 6.45) is 4.38. The molecule has 3 aliphatic rings. The Labute approximate surface area is 234 Å². The molecule has 3 aromatic carbocycles. The maximum Gasteiger partial charge on any atom is 0.348 e. The number of ether oxygens (including phenoxy) is 2. The number of likely N-dealkylation sites (tertiary alicyclic amines) is 1. The Kier molecular flexibility index (Phi) is 7.93. The van der Waals surface area contributed by atoms with E-state index in [0.29, 0.717) is 31.2 Å². The number of carbonyl (C=O) groups excluding carboxylic acids is 2. The molecule has 1 unspecified atom stereocenters. The fourth-order valence-electron chi connectivity index (χ4n) is 6.00. The van der Waals surface area contributed by atoms with E-state index in [2.05, 4.69) is 58.7 Å². The van der Waals surface area contributed by atoms with Crippen molar-refractivity contribution in [2.75, 3.05) is 26.2 Å². The van der Waals surface area contributed by atoms with Gasteiger partial charge in [0.25, 0.3) is 0 Å². The third kappa shape index (κ3) is 5.96. The lowest BCUT2D eigenvalue weighted by atomic mass is 9.97. The molecule has 6 rings (SSSR count). The van der Waals surface area contributed by atoms with Gasteiger partial charge in [-0.3, -0.25) is 4.90 Å². The molecule has 0 aromatic heterocycles. The first-order valence-electron chi connectivity index (χ1n) is 14.4. The highest BCUT2D eigenvalue weighted by molar-refractivity contribution is 5.98. The Balaban J connectivity index is 1.13. The average molecular weight is 543 g/mol. The molecule has 1 aliphatic carbocycles. The molecule has 2 heterocycles. The van der Waals surface area contributed by atoms with Crippen molar-refractivity contribution in [2.24, 2.45) is 5.92 Å². The first-order valence-corrected chi connectivity index (χ1v) is 14.4. The van der Waals surface area contributed by atoms with Gasteiger partial charge in [-0.25, -0.2) is 14.0 Å². The first-order chi connectivity index (χ1) is 19.6. The number of nitrogens with one attached hydrogen (secondary N) is 1. The van der Waals surface area contributed by atoms with Gasteiger partial charge in [-0.2, -0.15) is 0 Å². The summed E-state index contributed by atoms with van der Waals surface area (Å²) in [5.41, 5.74) is 3.14. The van der Waals surface area contributed by atoms with Crippen LogP contribution in [-0.4, -0.2) is 49.1 Å². The van der Waals surface area contributed by atoms with Crippen LogP contribution in [0.5, 0.6) is 5.75 Å². The van der Waals surface area contributed by atoms with Crippen molar-refractivity contribution in [3.05, 3.63) is 101 Å². The van der Waals surface area contributed by atoms with Gasteiger partial charge in [0.1, 0.15) is 17.6 Å². The molecule has 0 amide bonds. The van der Waals surface area contributed by atoms with Crippen LogP contribution < -0.4 is 10.1 Å². The van der Waals surface area contributed by atoms with E-state index in [1.54, 1.807) is 0 Å². The first kappa shape index (κ1) is 26.7. The molecule has 7 heteroatoms. The van der Waals surface area contributed by atoms with Gasteiger partial charge in [-0.1, -0.05) is 60.7 Å². The summed E-state index contributed by atoms with van der Waals surface area (Å²) in [5.74, 6) is -1.30. The molecule has 6 nitrogen and oxygen atoms in total. The third-order valence-electron chi connectivity index (χ3n) is 8.26. The number of carbonyl (C=O) groups is 2. The van der Waals surface area contributed by atoms with Gasteiger partial charge < -0.3 is 14.8 Å². The summed E-state index contributed by atoms with van der Waals surface area (Å²) in [6.45, 7) is 3.00. The number of esters is 2. The zero-order valence-corrected chi connectivity index (χ0v) is 22.6. The van der Waals surface area contributed by atoms with Crippen LogP contribution in [0.4, 0.5) is 4.39 Å². The molecule has 2 saturated heterocycles. The van der Waals surface area contributed by atoms with Crippen molar-refractivity contribution in [3.63, 3.8) is 0 Å². The molecule has 208 valence electrons. The van der Waals surface area contributed by atoms with Crippen LogP contribution in [0.25, 0.3) is 0 Å². The van der Waals surface area contributed by atoms with Crippen molar-refractivity contribution in [1.29, 1.82) is 0 Å². The van der Waals surface area contributed by atoms with Crippen molar-refractivity contribution < 1.29 is 23.5 Å². The number of hydrogen-bond acceptors (Lipinski definition) is 6. The molecule has 3 fully saturated rings. The van der Waals surface area contributed by atoms with Crippen LogP contribution in [0.3, 0.4) is 0 Å². The van der Waals surface area contributed by atoms with E-state index in [1.165, 1.54) is 23.3 Å². The number of halogens is 1. The summed E-state index contributed by atoms with van der Waals surface area (Å²) < 4.78 is 26.4. The predicted octanol–water partition coefficient (Wildman–Crippen LogP) is 5.63. The van der Waals surface area contributed by atoms with Crippen LogP contribution >= 0.6 is 0 Å². The Morgan fingerprint density at radius 3 is 2.27 bits per heavy atom. The quantitative estimate of drug-likeness (QED) is 0.279. The Morgan fingerprint density at radius 1 is 0.950 bits per heavy atom. The lowest BCUT2D eigenvalue weighted by Crippen LogP contribution is -2.34. The molecular weight excluding hydrogens is 507 g/mol. The normalized spacial score (nSPS) is 21.1. The van der Waals surface area contributed by atoms with Gasteiger partial charge in [-0.05, 0) is 73.9 Å². The number of hydrogen-bond donors (Lipinski definition) is 1. The van der Waals surface area contributed by atoms with E-state index in [4.69, 9.17) is 9.47 Å². The predicted molar refractivity (Wildman–Crippen MR) is 150 cm³/mol. The smallest absolute Gasteiger partial charge is 0.348 e. The molecule has 2 atom stereocenters. The van der Waals surface area contributed by atoms with Crippen molar-refractivity contribution >= 4 is 11.9 Å². The topological polar surface area (TPSA) is 67.9 Å². The molecule has 0 radical (unpaired) electrons. The number of benzene rings is 3. The minimum Gasteiger partial charge on any atom is -0.493 e. The Hall–Kier alpha value is -3.55. The lowest BCUT2D eigenvalue weighted by Gasteiger charge is -2.29. The summed E-state index contributed by atoms with van der Waals surface area (Å²) in [7, 11) is 0. The van der Waals surface area contributed by atoms with E-state index in [9.17, 15) is 9.59 Å². The van der Waals surface area contributed by atoms with Gasteiger partial charge in [0.2, 0.25) is 0 Å². The summed E-state index contributed by atoms with van der Waals surface area (Å²) in [6, 6.07) is 23.6. The second kappa shape index (κ2) is 11.9. The highest BCUT2D eigenvalue weighted by atomic mass is 19.1. The minimum absolute atomic E-state index is 0.166. The zero-order valence-electron chi connectivity index (χ0n) is 22.6. The summed E-state index contributed by atoms with van der Waals surface area (Å²) in [4.78, 5) is 27.5. The standard InChI is InChI=1S/C33H35FN2O4/c34-28-19-30(26(23-13-14-23)18-27(28)32(37)40-33(38)29-12-7-16-35-29)39-21-22-15-17-36(20-22)31(24-8-3-1-4-9-24)25-10-5-2-6-11-25/h1-6,8-11,18-19,22-23,29,31,35H,7,12-17,20-21H2/t22?,29-/m0/s1. The summed E-state index contributed by atoms with van der Waals surface area (Å²) >= 11 is 0. The summed E-state index contributed by atoms with van der Waals surface area (Å²) in [5, 5.41) is 3.00. The lowest BCUT2D eigenvalue weighted by molar-refractivity contribution is -0.139. The van der Waals surface area contributed by atoms with Gasteiger partial charge in [-0.15, -0.1) is 0 Å². The van der Waals surface area contributed by atoms with Crippen molar-refractivity contribution in [2.45, 2.75) is 50.1 Å². The molecule has 0 spiro atoms. The van der Waals surface area contributed by atoms with Gasteiger partial charge in [0.15, 0.2) is 0 Å². The maximum absolute atomic E-state index is 15.1. The molecule has 1 saturated carbocycles. The van der Waals surface area contributed by atoms with Crippen LogP contribution in [0, 0.1) is 11.7 Å². The Morgan fingerprint density at radius 2 is 1.65 bits per heavy atom. The highest BCUT2D eigenvalue weighted by Crippen LogP contribution is 2.45. The molecular formula is C33H35FN2O4. The van der Waals surface area contributed by atoms with Gasteiger partial charge in [0.05, 0.1) is 18.2 Å². The molecule has 1 N–H and O–H groups in total. The van der Waals surface area contributed by atoms with Crippen LogP contribution in [0.1, 0.15) is 71.1 Å². The van der Waals surface area contributed by atoms with Crippen molar-refractivity contribution in [1.82, 2.24) is 10.2 Å². The Bertz CT molecular complexity index is 1300. The van der Waals surface area contributed by atoms with E-state index < -0.39 is 23.8 Å². The highest BCUT2D eigenvalue weighted by Gasteiger charge is 2.34. The fourth-order valence-corrected chi connectivity index (χ4v) is 6.00. The molecule has 40 heavy (non-hydrogen) atoms. The van der Waals surface area contributed by atoms with E-state index >= 15 is 4.39 Å². The average Bonchev–Trinajstić information content (AvgIpc) is 3.45. The van der Waals surface area contributed by atoms with E-state index in [0.717, 1.165) is 44.3 Å². The van der Waals surface area contributed by atoms with Gasteiger partial charge in [0, 0.05) is 18.5 Å². The van der Waals surface area contributed by atoms with Crippen LogP contribution in [-0.2, 0) is 9.53 Å². The van der Waals surface area contributed by atoms with Crippen molar-refractivity contribution in [3.8, 4) is 5.75 Å². The SMILES string of the molecule is O=C(OC(=O)[C@@H]1CCCN1)c1cc(C2CC2)c(OCC2CCN(C(c3ccccc3)c3ccccc3)C2)cc1F. The van der Waals surface area contributed by atoms with E-state index in [-0.39, 0.29) is 17.5 Å². The second-order valence-electron chi connectivity index (χ2n) is 11.2. The van der Waals surface area contributed by atoms with Gasteiger partial charge >= 0.3 is 11.9 Å². The third-order valence-corrected chi connectivity index (χ3v) is 8.26. The zero-order chi connectivity index (χ0) is 27.5. The number of nitrogens with zero attached hydrogens (tertiary/aromatic N) is 1. The monoisotopic (exact) mass is 542 g/mol. The molecule has 2 aliphatic heterocycles. The largest absolute Gasteiger partial charge is 0.493 e. The number of rotatable bonds is 9. The fraction of sp³-hybridized carbons (Fsp3) is 0.394. The second-order valence-corrected chi connectivity index (χ2v) is 11.2. The van der Waals surface area contributed by atoms with Crippen LogP contribution in [0.15, 0.2) is 72.8 Å². The molecule has 0 bridgehead atoms. The van der Waals surface area contributed by atoms with E-state index in [1.807, 2.05) is 12.1 Å².